The highest BCUT2D eigenvalue weighted by atomic mass is 16.5. The summed E-state index contributed by atoms with van der Waals surface area (Å²) in [6.07, 6.45) is 1.24. The Morgan fingerprint density at radius 3 is 2.57 bits per heavy atom. The van der Waals surface area contributed by atoms with Gasteiger partial charge in [0.2, 0.25) is 12.2 Å². The lowest BCUT2D eigenvalue weighted by atomic mass is 10.2. The van der Waals surface area contributed by atoms with Gasteiger partial charge in [0, 0.05) is 11.3 Å². The standard InChI is InChI=1S/C10H7N3O/c11-9-4-1-8(2-5-9)3-6-10-12-7-14-13-10/h1-2,4-5,7H,11H2. The smallest absolute Gasteiger partial charge is 0.246 e. The van der Waals surface area contributed by atoms with E-state index in [9.17, 15) is 0 Å². The third-order valence-corrected chi connectivity index (χ3v) is 1.59. The number of rotatable bonds is 0. The lowest BCUT2D eigenvalue weighted by molar-refractivity contribution is 0.415. The van der Waals surface area contributed by atoms with Gasteiger partial charge in [0.25, 0.3) is 0 Å². The average Bonchev–Trinajstić information content (AvgIpc) is 2.70. The number of aromatic nitrogens is 2. The quantitative estimate of drug-likeness (QED) is 0.492. The minimum absolute atomic E-state index is 0.377. The fourth-order valence-corrected chi connectivity index (χ4v) is 0.920. The third-order valence-electron chi connectivity index (χ3n) is 1.59. The second-order valence-corrected chi connectivity index (χ2v) is 2.63. The second-order valence-electron chi connectivity index (χ2n) is 2.63. The van der Waals surface area contributed by atoms with Crippen LogP contribution in [0.15, 0.2) is 35.2 Å². The van der Waals surface area contributed by atoms with Gasteiger partial charge in [0.1, 0.15) is 0 Å². The van der Waals surface area contributed by atoms with Gasteiger partial charge >= 0.3 is 0 Å². The Morgan fingerprint density at radius 1 is 1.14 bits per heavy atom. The van der Waals surface area contributed by atoms with Crippen LogP contribution in [-0.4, -0.2) is 10.1 Å². The summed E-state index contributed by atoms with van der Waals surface area (Å²) in [6, 6.07) is 7.26. The van der Waals surface area contributed by atoms with Crippen molar-refractivity contribution in [1.82, 2.24) is 10.1 Å². The summed E-state index contributed by atoms with van der Waals surface area (Å²) in [7, 11) is 0. The summed E-state index contributed by atoms with van der Waals surface area (Å²) in [5.74, 6) is 6.01. The van der Waals surface area contributed by atoms with E-state index in [0.717, 1.165) is 11.3 Å². The van der Waals surface area contributed by atoms with Crippen LogP contribution in [0.5, 0.6) is 0 Å². The molecule has 0 atom stereocenters. The third kappa shape index (κ3) is 1.90. The molecule has 1 aromatic carbocycles. The van der Waals surface area contributed by atoms with E-state index in [1.54, 1.807) is 12.1 Å². The summed E-state index contributed by atoms with van der Waals surface area (Å²) < 4.78 is 4.54. The topological polar surface area (TPSA) is 64.9 Å². The first-order chi connectivity index (χ1) is 6.84. The van der Waals surface area contributed by atoms with Gasteiger partial charge in [0.15, 0.2) is 0 Å². The molecule has 14 heavy (non-hydrogen) atoms. The van der Waals surface area contributed by atoms with Crippen molar-refractivity contribution in [1.29, 1.82) is 0 Å². The Balaban J connectivity index is 2.22. The molecule has 2 aromatic rings. The van der Waals surface area contributed by atoms with Crippen LogP contribution < -0.4 is 5.73 Å². The fourth-order valence-electron chi connectivity index (χ4n) is 0.920. The Morgan fingerprint density at radius 2 is 1.93 bits per heavy atom. The molecule has 1 heterocycles. The number of hydrogen-bond donors (Lipinski definition) is 1. The molecule has 0 amide bonds. The monoisotopic (exact) mass is 185 g/mol. The van der Waals surface area contributed by atoms with Gasteiger partial charge in [-0.3, -0.25) is 0 Å². The summed E-state index contributed by atoms with van der Waals surface area (Å²) in [4.78, 5) is 3.77. The summed E-state index contributed by atoms with van der Waals surface area (Å²) in [5.41, 5.74) is 7.11. The number of hydrogen-bond acceptors (Lipinski definition) is 4. The molecule has 0 aliphatic heterocycles. The van der Waals surface area contributed by atoms with E-state index in [2.05, 4.69) is 26.5 Å². The van der Waals surface area contributed by atoms with E-state index in [0.29, 0.717) is 5.82 Å². The van der Waals surface area contributed by atoms with Crippen molar-refractivity contribution >= 4 is 5.69 Å². The van der Waals surface area contributed by atoms with Gasteiger partial charge in [-0.25, -0.2) is 0 Å². The first-order valence-electron chi connectivity index (χ1n) is 3.98. The molecule has 1 aromatic heterocycles. The van der Waals surface area contributed by atoms with Crippen LogP contribution in [0.4, 0.5) is 5.69 Å². The predicted molar refractivity (Wildman–Crippen MR) is 51.1 cm³/mol. The number of nitrogens with two attached hydrogens (primary N) is 1. The molecule has 4 nitrogen and oxygen atoms in total. The Hall–Kier alpha value is -2.28. The van der Waals surface area contributed by atoms with Crippen molar-refractivity contribution in [2.75, 3.05) is 5.73 Å². The number of nitrogen functional groups attached to an aromatic ring is 1. The molecular formula is C10H7N3O. The molecule has 68 valence electrons. The van der Waals surface area contributed by atoms with E-state index < -0.39 is 0 Å². The maximum Gasteiger partial charge on any atom is 0.246 e. The summed E-state index contributed by atoms with van der Waals surface area (Å²) in [6.45, 7) is 0. The van der Waals surface area contributed by atoms with Crippen molar-refractivity contribution in [2.24, 2.45) is 0 Å². The fraction of sp³-hybridized carbons (Fsp3) is 0. The zero-order chi connectivity index (χ0) is 9.80. The first kappa shape index (κ1) is 8.32. The first-order valence-corrected chi connectivity index (χ1v) is 3.98. The lowest BCUT2D eigenvalue weighted by Gasteiger charge is -1.90. The average molecular weight is 185 g/mol. The molecule has 2 rings (SSSR count). The minimum Gasteiger partial charge on any atom is -0.399 e. The van der Waals surface area contributed by atoms with Crippen molar-refractivity contribution in [3.63, 3.8) is 0 Å². The molecule has 4 heteroatoms. The van der Waals surface area contributed by atoms with Crippen molar-refractivity contribution in [2.45, 2.75) is 0 Å². The van der Waals surface area contributed by atoms with Crippen molar-refractivity contribution < 1.29 is 4.52 Å². The molecule has 0 bridgehead atoms. The van der Waals surface area contributed by atoms with Crippen molar-refractivity contribution in [3.8, 4) is 11.8 Å². The van der Waals surface area contributed by atoms with Gasteiger partial charge in [-0.1, -0.05) is 5.92 Å². The summed E-state index contributed by atoms with van der Waals surface area (Å²) in [5, 5.41) is 3.56. The number of anilines is 1. The maximum absolute atomic E-state index is 5.53. The predicted octanol–water partition coefficient (Wildman–Crippen LogP) is 1.05. The van der Waals surface area contributed by atoms with E-state index in [1.807, 2.05) is 12.1 Å². The Kier molecular flexibility index (Phi) is 2.15. The molecule has 0 saturated carbocycles. The van der Waals surface area contributed by atoms with E-state index in [-0.39, 0.29) is 0 Å². The molecule has 0 aliphatic rings. The van der Waals surface area contributed by atoms with Gasteiger partial charge < -0.3 is 10.3 Å². The molecule has 0 aliphatic carbocycles. The lowest BCUT2D eigenvalue weighted by Crippen LogP contribution is -1.83. The molecule has 0 spiro atoms. The zero-order valence-corrected chi connectivity index (χ0v) is 7.27. The van der Waals surface area contributed by atoms with E-state index in [4.69, 9.17) is 5.73 Å². The van der Waals surface area contributed by atoms with Gasteiger partial charge in [-0.05, 0) is 35.3 Å². The normalized spacial score (nSPS) is 9.14. The van der Waals surface area contributed by atoms with Crippen LogP contribution in [0.3, 0.4) is 0 Å². The molecule has 0 radical (unpaired) electrons. The second kappa shape index (κ2) is 3.62. The molecule has 0 unspecified atom stereocenters. The van der Waals surface area contributed by atoms with Crippen LogP contribution in [0.25, 0.3) is 0 Å². The molecule has 2 N–H and O–H groups in total. The maximum atomic E-state index is 5.53. The zero-order valence-electron chi connectivity index (χ0n) is 7.27. The Labute approximate surface area is 80.7 Å². The Bertz CT molecular complexity index is 462. The minimum atomic E-state index is 0.377. The molecule has 0 saturated heterocycles. The largest absolute Gasteiger partial charge is 0.399 e. The van der Waals surface area contributed by atoms with Gasteiger partial charge in [-0.15, -0.1) is 0 Å². The van der Waals surface area contributed by atoms with Crippen molar-refractivity contribution in [3.05, 3.63) is 42.0 Å². The van der Waals surface area contributed by atoms with Crippen LogP contribution in [0.1, 0.15) is 11.4 Å². The van der Waals surface area contributed by atoms with Crippen LogP contribution in [-0.2, 0) is 0 Å². The van der Waals surface area contributed by atoms with Crippen LogP contribution in [0, 0.1) is 11.8 Å². The van der Waals surface area contributed by atoms with E-state index in [1.165, 1.54) is 6.39 Å². The molecular weight excluding hydrogens is 178 g/mol. The van der Waals surface area contributed by atoms with Crippen LogP contribution in [0.2, 0.25) is 0 Å². The number of benzene rings is 1. The van der Waals surface area contributed by atoms with Crippen LogP contribution >= 0.6 is 0 Å². The van der Waals surface area contributed by atoms with E-state index >= 15 is 0 Å². The highest BCUT2D eigenvalue weighted by Gasteiger charge is 1.90. The number of nitrogens with zero attached hydrogens (tertiary/aromatic N) is 2. The molecule has 0 fully saturated rings. The van der Waals surface area contributed by atoms with Gasteiger partial charge in [-0.2, -0.15) is 4.98 Å². The SMILES string of the molecule is Nc1ccc(C#Cc2ncon2)cc1. The highest BCUT2D eigenvalue weighted by molar-refractivity contribution is 5.45. The summed E-state index contributed by atoms with van der Waals surface area (Å²) >= 11 is 0. The van der Waals surface area contributed by atoms with Gasteiger partial charge in [0.05, 0.1) is 0 Å². The highest BCUT2D eigenvalue weighted by Crippen LogP contribution is 2.03.